The normalized spacial score (nSPS) is 23.2. The van der Waals surface area contributed by atoms with Crippen molar-refractivity contribution in [1.29, 1.82) is 0 Å². The van der Waals surface area contributed by atoms with Gasteiger partial charge in [-0.05, 0) is 36.5 Å². The zero-order valence-electron chi connectivity index (χ0n) is 17.8. The topological polar surface area (TPSA) is 73.9 Å². The second kappa shape index (κ2) is 7.93. The lowest BCUT2D eigenvalue weighted by Gasteiger charge is -2.42. The molecule has 6 heteroatoms. The first kappa shape index (κ1) is 21.0. The molecular formula is C23H29NO5. The molecule has 1 aliphatic heterocycles. The monoisotopic (exact) mass is 399 g/mol. The van der Waals surface area contributed by atoms with Crippen LogP contribution in [0.3, 0.4) is 0 Å². The quantitative estimate of drug-likeness (QED) is 0.761. The first-order valence-electron chi connectivity index (χ1n) is 9.83. The standard InChI is InChI=1S/C23H29NO5/c1-7-29-22(26)19-13(2)24-15-11-23(3,4)12-16(25)21(15)20(19)14-8-9-17(27-5)18(10-14)28-6/h8-10,19-20,24H,2,7,11-12H2,1,3-6H3. The molecule has 6 nitrogen and oxygen atoms in total. The van der Waals surface area contributed by atoms with Gasteiger partial charge < -0.3 is 19.5 Å². The van der Waals surface area contributed by atoms with E-state index in [1.54, 1.807) is 27.2 Å². The van der Waals surface area contributed by atoms with Gasteiger partial charge in [0.1, 0.15) is 5.92 Å². The maximum absolute atomic E-state index is 13.2. The third kappa shape index (κ3) is 3.88. The summed E-state index contributed by atoms with van der Waals surface area (Å²) in [6.45, 7) is 10.3. The van der Waals surface area contributed by atoms with Gasteiger partial charge in [0.15, 0.2) is 17.3 Å². The van der Waals surface area contributed by atoms with Gasteiger partial charge in [0, 0.05) is 29.3 Å². The number of benzene rings is 1. The second-order valence-corrected chi connectivity index (χ2v) is 8.31. The summed E-state index contributed by atoms with van der Waals surface area (Å²) in [5, 5.41) is 3.25. The van der Waals surface area contributed by atoms with Crippen LogP contribution in [0.4, 0.5) is 0 Å². The molecule has 0 aromatic heterocycles. The summed E-state index contributed by atoms with van der Waals surface area (Å²) >= 11 is 0. The minimum atomic E-state index is -0.697. The number of allylic oxidation sites excluding steroid dienone is 2. The largest absolute Gasteiger partial charge is 0.493 e. The lowest BCUT2D eigenvalue weighted by Crippen LogP contribution is -2.43. The van der Waals surface area contributed by atoms with Crippen LogP contribution in [0.1, 0.15) is 45.1 Å². The van der Waals surface area contributed by atoms with Gasteiger partial charge in [-0.25, -0.2) is 0 Å². The highest BCUT2D eigenvalue weighted by Gasteiger charge is 2.46. The summed E-state index contributed by atoms with van der Waals surface area (Å²) < 4.78 is 16.1. The number of methoxy groups -OCH3 is 2. The number of hydrogen-bond donors (Lipinski definition) is 1. The van der Waals surface area contributed by atoms with Crippen LogP contribution in [0.2, 0.25) is 0 Å². The Labute approximate surface area is 171 Å². The van der Waals surface area contributed by atoms with E-state index < -0.39 is 17.8 Å². The maximum atomic E-state index is 13.2. The van der Waals surface area contributed by atoms with Gasteiger partial charge in [0.2, 0.25) is 0 Å². The van der Waals surface area contributed by atoms with Crippen molar-refractivity contribution in [3.8, 4) is 11.5 Å². The molecule has 1 aliphatic carbocycles. The van der Waals surface area contributed by atoms with E-state index in [0.717, 1.165) is 11.3 Å². The molecule has 3 rings (SSSR count). The minimum Gasteiger partial charge on any atom is -0.493 e. The number of esters is 1. The van der Waals surface area contributed by atoms with Crippen LogP contribution in [0.15, 0.2) is 41.7 Å². The number of nitrogens with one attached hydrogen (secondary N) is 1. The van der Waals surface area contributed by atoms with Crippen molar-refractivity contribution >= 4 is 11.8 Å². The lowest BCUT2D eigenvalue weighted by atomic mass is 9.66. The Morgan fingerprint density at radius 2 is 1.90 bits per heavy atom. The fourth-order valence-electron chi connectivity index (χ4n) is 4.36. The van der Waals surface area contributed by atoms with Gasteiger partial charge >= 0.3 is 5.97 Å². The number of hydrogen-bond acceptors (Lipinski definition) is 6. The molecule has 1 aromatic carbocycles. The first-order chi connectivity index (χ1) is 13.7. The van der Waals surface area contributed by atoms with Crippen molar-refractivity contribution in [2.45, 2.75) is 39.5 Å². The average molecular weight is 399 g/mol. The molecule has 0 amide bonds. The minimum absolute atomic E-state index is 0.0466. The molecule has 0 radical (unpaired) electrons. The van der Waals surface area contributed by atoms with E-state index in [0.29, 0.717) is 35.6 Å². The predicted octanol–water partition coefficient (Wildman–Crippen LogP) is 3.73. The van der Waals surface area contributed by atoms with E-state index in [-0.39, 0.29) is 17.8 Å². The van der Waals surface area contributed by atoms with E-state index in [2.05, 4.69) is 25.7 Å². The van der Waals surface area contributed by atoms with Crippen LogP contribution in [-0.4, -0.2) is 32.6 Å². The SMILES string of the molecule is C=C1NC2=C(C(=O)CC(C)(C)C2)C(c2ccc(OC)c(OC)c2)C1C(=O)OCC. The van der Waals surface area contributed by atoms with Crippen LogP contribution < -0.4 is 14.8 Å². The Bertz CT molecular complexity index is 883. The Morgan fingerprint density at radius 3 is 2.52 bits per heavy atom. The second-order valence-electron chi connectivity index (χ2n) is 8.31. The van der Waals surface area contributed by atoms with Gasteiger partial charge in [-0.1, -0.05) is 26.5 Å². The number of Topliss-reactive ketones (excluding diaryl/α,β-unsaturated/α-hetero) is 1. The molecule has 0 saturated carbocycles. The molecule has 2 unspecified atom stereocenters. The molecule has 0 saturated heterocycles. The van der Waals surface area contributed by atoms with E-state index in [9.17, 15) is 9.59 Å². The number of carbonyl (C=O) groups excluding carboxylic acids is 2. The summed E-state index contributed by atoms with van der Waals surface area (Å²) in [7, 11) is 3.13. The number of ether oxygens (including phenoxy) is 3. The molecule has 0 spiro atoms. The van der Waals surface area contributed by atoms with Gasteiger partial charge in [-0.15, -0.1) is 0 Å². The maximum Gasteiger partial charge on any atom is 0.315 e. The number of carbonyl (C=O) groups is 2. The van der Waals surface area contributed by atoms with Crippen molar-refractivity contribution in [3.05, 3.63) is 47.3 Å². The molecule has 156 valence electrons. The van der Waals surface area contributed by atoms with Gasteiger partial charge in [-0.3, -0.25) is 9.59 Å². The molecule has 2 aliphatic rings. The number of rotatable bonds is 5. The summed E-state index contributed by atoms with van der Waals surface area (Å²) in [6.07, 6.45) is 1.14. The van der Waals surface area contributed by atoms with E-state index in [1.807, 2.05) is 12.1 Å². The third-order valence-corrected chi connectivity index (χ3v) is 5.56. The zero-order chi connectivity index (χ0) is 21.3. The fraction of sp³-hybridized carbons (Fsp3) is 0.478. The van der Waals surface area contributed by atoms with Crippen LogP contribution in [-0.2, 0) is 14.3 Å². The summed E-state index contributed by atoms with van der Waals surface area (Å²) in [4.78, 5) is 26.1. The Hall–Kier alpha value is -2.76. The van der Waals surface area contributed by atoms with Crippen LogP contribution >= 0.6 is 0 Å². The van der Waals surface area contributed by atoms with E-state index in [4.69, 9.17) is 14.2 Å². The van der Waals surface area contributed by atoms with Crippen LogP contribution in [0.5, 0.6) is 11.5 Å². The van der Waals surface area contributed by atoms with Crippen molar-refractivity contribution in [2.75, 3.05) is 20.8 Å². The average Bonchev–Trinajstić information content (AvgIpc) is 2.65. The molecule has 1 heterocycles. The third-order valence-electron chi connectivity index (χ3n) is 5.56. The summed E-state index contributed by atoms with van der Waals surface area (Å²) in [6, 6.07) is 5.49. The first-order valence-corrected chi connectivity index (χ1v) is 9.83. The molecule has 2 atom stereocenters. The van der Waals surface area contributed by atoms with Crippen molar-refractivity contribution < 1.29 is 23.8 Å². The Balaban J connectivity index is 2.19. The molecule has 1 aromatic rings. The lowest BCUT2D eigenvalue weighted by molar-refractivity contribution is -0.147. The van der Waals surface area contributed by atoms with Crippen LogP contribution in [0, 0.1) is 11.3 Å². The molecular weight excluding hydrogens is 370 g/mol. The predicted molar refractivity (Wildman–Crippen MR) is 110 cm³/mol. The fourth-order valence-corrected chi connectivity index (χ4v) is 4.36. The van der Waals surface area contributed by atoms with Crippen molar-refractivity contribution in [1.82, 2.24) is 5.32 Å². The summed E-state index contributed by atoms with van der Waals surface area (Å²) in [5.41, 5.74) is 2.68. The van der Waals surface area contributed by atoms with Crippen molar-refractivity contribution in [2.24, 2.45) is 11.3 Å². The highest BCUT2D eigenvalue weighted by molar-refractivity contribution is 6.00. The molecule has 0 bridgehead atoms. The molecule has 29 heavy (non-hydrogen) atoms. The number of ketones is 1. The highest BCUT2D eigenvalue weighted by Crippen LogP contribution is 2.49. The Kier molecular flexibility index (Phi) is 5.73. The molecule has 0 fully saturated rings. The van der Waals surface area contributed by atoms with Gasteiger partial charge in [0.05, 0.1) is 20.8 Å². The highest BCUT2D eigenvalue weighted by atomic mass is 16.5. The smallest absolute Gasteiger partial charge is 0.315 e. The Morgan fingerprint density at radius 1 is 1.21 bits per heavy atom. The zero-order valence-corrected chi connectivity index (χ0v) is 17.8. The van der Waals surface area contributed by atoms with Crippen molar-refractivity contribution in [3.63, 3.8) is 0 Å². The van der Waals surface area contributed by atoms with E-state index >= 15 is 0 Å². The molecule has 1 N–H and O–H groups in total. The summed E-state index contributed by atoms with van der Waals surface area (Å²) in [5.74, 6) is -0.401. The van der Waals surface area contributed by atoms with Gasteiger partial charge in [-0.2, -0.15) is 0 Å². The van der Waals surface area contributed by atoms with Crippen LogP contribution in [0.25, 0.3) is 0 Å². The van der Waals surface area contributed by atoms with Gasteiger partial charge in [0.25, 0.3) is 0 Å². The van der Waals surface area contributed by atoms with E-state index in [1.165, 1.54) is 0 Å².